The third kappa shape index (κ3) is 4.15. The Hall–Kier alpha value is -1.30. The van der Waals surface area contributed by atoms with Gasteiger partial charge in [-0.15, -0.1) is 0 Å². The van der Waals surface area contributed by atoms with Gasteiger partial charge in [-0.3, -0.25) is 4.79 Å². The molecule has 64 valence electrons. The van der Waals surface area contributed by atoms with E-state index in [1.807, 2.05) is 5.32 Å². The highest BCUT2D eigenvalue weighted by Gasteiger charge is 2.12. The first-order valence-electron chi connectivity index (χ1n) is 2.94. The van der Waals surface area contributed by atoms with Crippen molar-refractivity contribution in [3.8, 4) is 0 Å². The first-order chi connectivity index (χ1) is 5.07. The van der Waals surface area contributed by atoms with Crippen LogP contribution in [0.4, 0.5) is 4.79 Å². The van der Waals surface area contributed by atoms with E-state index < -0.39 is 18.1 Å². The molecular formula is C5H10N2O4. The summed E-state index contributed by atoms with van der Waals surface area (Å²) in [4.78, 5) is 20.4. The van der Waals surface area contributed by atoms with Crippen molar-refractivity contribution < 1.29 is 19.8 Å². The largest absolute Gasteiger partial charge is 0.465 e. The zero-order valence-electron chi connectivity index (χ0n) is 6.00. The maximum atomic E-state index is 10.5. The molecule has 2 amide bonds. The van der Waals surface area contributed by atoms with E-state index in [1.165, 1.54) is 7.05 Å². The van der Waals surface area contributed by atoms with E-state index in [9.17, 15) is 9.59 Å². The number of rotatable bonds is 3. The zero-order valence-corrected chi connectivity index (χ0v) is 6.00. The molecule has 0 saturated heterocycles. The number of nitrogens with one attached hydrogen (secondary N) is 2. The monoisotopic (exact) mass is 162 g/mol. The first-order valence-corrected chi connectivity index (χ1v) is 2.94. The van der Waals surface area contributed by atoms with Crippen LogP contribution in [-0.2, 0) is 4.79 Å². The van der Waals surface area contributed by atoms with Crippen molar-refractivity contribution in [2.45, 2.75) is 6.10 Å². The minimum absolute atomic E-state index is 0.297. The van der Waals surface area contributed by atoms with Gasteiger partial charge < -0.3 is 20.8 Å². The third-order valence-corrected chi connectivity index (χ3v) is 0.996. The van der Waals surface area contributed by atoms with Crippen molar-refractivity contribution in [1.82, 2.24) is 10.6 Å². The number of likely N-dealkylation sites (N-methyl/N-ethyl adjacent to an activating group) is 1. The summed E-state index contributed by atoms with van der Waals surface area (Å²) in [6, 6.07) is 0. The average molecular weight is 162 g/mol. The summed E-state index contributed by atoms with van der Waals surface area (Å²) >= 11 is 0. The van der Waals surface area contributed by atoms with E-state index >= 15 is 0 Å². The Balaban J connectivity index is 3.60. The number of carboxylic acid groups (broad SMARTS) is 1. The van der Waals surface area contributed by atoms with Crippen molar-refractivity contribution in [1.29, 1.82) is 0 Å². The molecule has 6 heteroatoms. The molecule has 0 bridgehead atoms. The Morgan fingerprint density at radius 2 is 2.09 bits per heavy atom. The summed E-state index contributed by atoms with van der Waals surface area (Å²) in [5, 5.41) is 20.9. The van der Waals surface area contributed by atoms with Gasteiger partial charge in [0.15, 0.2) is 0 Å². The highest BCUT2D eigenvalue weighted by atomic mass is 16.4. The molecule has 0 spiro atoms. The van der Waals surface area contributed by atoms with Crippen molar-refractivity contribution in [2.24, 2.45) is 0 Å². The molecule has 0 aromatic rings. The molecule has 0 radical (unpaired) electrons. The summed E-state index contributed by atoms with van der Waals surface area (Å²) in [6.45, 7) is -0.297. The summed E-state index contributed by atoms with van der Waals surface area (Å²) in [5.74, 6) is -0.612. The van der Waals surface area contributed by atoms with Gasteiger partial charge in [-0.05, 0) is 0 Å². The Bertz CT molecular complexity index is 159. The smallest absolute Gasteiger partial charge is 0.404 e. The molecule has 0 saturated carbocycles. The Kier molecular flexibility index (Phi) is 3.97. The molecule has 0 aliphatic heterocycles. The highest BCUT2D eigenvalue weighted by Crippen LogP contribution is 1.78. The maximum absolute atomic E-state index is 10.5. The number of amides is 2. The number of carbonyl (C=O) groups excluding carboxylic acids is 1. The molecule has 0 aromatic carbocycles. The second-order valence-corrected chi connectivity index (χ2v) is 1.82. The minimum Gasteiger partial charge on any atom is -0.465 e. The van der Waals surface area contributed by atoms with Crippen LogP contribution >= 0.6 is 0 Å². The molecule has 4 N–H and O–H groups in total. The quantitative estimate of drug-likeness (QED) is 0.400. The second kappa shape index (κ2) is 4.51. The van der Waals surface area contributed by atoms with Crippen molar-refractivity contribution >= 4 is 12.0 Å². The lowest BCUT2D eigenvalue weighted by Gasteiger charge is -2.07. The van der Waals surface area contributed by atoms with E-state index in [1.54, 1.807) is 0 Å². The van der Waals surface area contributed by atoms with Gasteiger partial charge in [0.2, 0.25) is 5.91 Å². The topological polar surface area (TPSA) is 98.7 Å². The highest BCUT2D eigenvalue weighted by molar-refractivity contribution is 5.80. The van der Waals surface area contributed by atoms with Gasteiger partial charge >= 0.3 is 6.09 Å². The Labute approximate surface area is 63.2 Å². The van der Waals surface area contributed by atoms with Crippen LogP contribution in [0.15, 0.2) is 0 Å². The van der Waals surface area contributed by atoms with Crippen LogP contribution in [0.25, 0.3) is 0 Å². The number of aliphatic hydroxyl groups excluding tert-OH is 1. The number of hydrogen-bond donors (Lipinski definition) is 4. The normalized spacial score (nSPS) is 11.8. The SMILES string of the molecule is CNC(=O)C(O)CNC(=O)O. The molecule has 1 atom stereocenters. The minimum atomic E-state index is -1.32. The van der Waals surface area contributed by atoms with Crippen LogP contribution in [0.5, 0.6) is 0 Å². The van der Waals surface area contributed by atoms with E-state index in [0.29, 0.717) is 0 Å². The molecule has 0 heterocycles. The lowest BCUT2D eigenvalue weighted by molar-refractivity contribution is -0.128. The summed E-state index contributed by atoms with van der Waals surface area (Å²) < 4.78 is 0. The van der Waals surface area contributed by atoms with Gasteiger partial charge in [0.25, 0.3) is 0 Å². The predicted octanol–water partition coefficient (Wildman–Crippen LogP) is -1.64. The fraction of sp³-hybridized carbons (Fsp3) is 0.600. The zero-order chi connectivity index (χ0) is 8.85. The van der Waals surface area contributed by atoms with Crippen LogP contribution in [0.3, 0.4) is 0 Å². The van der Waals surface area contributed by atoms with E-state index in [2.05, 4.69) is 5.32 Å². The van der Waals surface area contributed by atoms with Gasteiger partial charge in [-0.2, -0.15) is 0 Å². The van der Waals surface area contributed by atoms with Crippen LogP contribution < -0.4 is 10.6 Å². The molecule has 1 unspecified atom stereocenters. The lowest BCUT2D eigenvalue weighted by atomic mass is 10.3. The van der Waals surface area contributed by atoms with Crippen LogP contribution in [0.1, 0.15) is 0 Å². The lowest BCUT2D eigenvalue weighted by Crippen LogP contribution is -2.40. The fourth-order valence-corrected chi connectivity index (χ4v) is 0.443. The second-order valence-electron chi connectivity index (χ2n) is 1.82. The van der Waals surface area contributed by atoms with Crippen LogP contribution in [-0.4, -0.2) is 41.9 Å². The van der Waals surface area contributed by atoms with Crippen LogP contribution in [0, 0.1) is 0 Å². The molecule has 0 rings (SSSR count). The Morgan fingerprint density at radius 3 is 2.45 bits per heavy atom. The van der Waals surface area contributed by atoms with Gasteiger partial charge in [0.05, 0.1) is 6.54 Å². The summed E-state index contributed by atoms with van der Waals surface area (Å²) in [7, 11) is 1.35. The number of hydrogen-bond acceptors (Lipinski definition) is 3. The number of aliphatic hydroxyl groups is 1. The predicted molar refractivity (Wildman–Crippen MR) is 36.1 cm³/mol. The van der Waals surface area contributed by atoms with Gasteiger partial charge in [-0.25, -0.2) is 4.79 Å². The summed E-state index contributed by atoms with van der Waals surface area (Å²) in [5.41, 5.74) is 0. The average Bonchev–Trinajstić information content (AvgIpc) is 1.98. The third-order valence-electron chi connectivity index (χ3n) is 0.996. The molecular weight excluding hydrogens is 152 g/mol. The molecule has 0 fully saturated rings. The van der Waals surface area contributed by atoms with Crippen molar-refractivity contribution in [2.75, 3.05) is 13.6 Å². The molecule has 6 nitrogen and oxygen atoms in total. The van der Waals surface area contributed by atoms with Crippen molar-refractivity contribution in [3.63, 3.8) is 0 Å². The van der Waals surface area contributed by atoms with E-state index in [0.717, 1.165) is 0 Å². The number of carbonyl (C=O) groups is 2. The Morgan fingerprint density at radius 1 is 1.55 bits per heavy atom. The van der Waals surface area contributed by atoms with Crippen molar-refractivity contribution in [3.05, 3.63) is 0 Å². The molecule has 11 heavy (non-hydrogen) atoms. The first kappa shape index (κ1) is 9.70. The molecule has 0 aliphatic carbocycles. The molecule has 0 aliphatic rings. The van der Waals surface area contributed by atoms with Gasteiger partial charge in [-0.1, -0.05) is 0 Å². The van der Waals surface area contributed by atoms with Crippen LogP contribution in [0.2, 0.25) is 0 Å². The standard InChI is InChI=1S/C5H10N2O4/c1-6-4(9)3(8)2-7-5(10)11/h3,7-8H,2H2,1H3,(H,6,9)(H,10,11). The summed E-state index contributed by atoms with van der Waals surface area (Å²) in [6.07, 6.45) is -2.59. The van der Waals surface area contributed by atoms with Gasteiger partial charge in [0.1, 0.15) is 6.10 Å². The maximum Gasteiger partial charge on any atom is 0.404 e. The van der Waals surface area contributed by atoms with E-state index in [-0.39, 0.29) is 6.54 Å². The van der Waals surface area contributed by atoms with Gasteiger partial charge in [0, 0.05) is 7.05 Å². The van der Waals surface area contributed by atoms with E-state index in [4.69, 9.17) is 10.2 Å². The molecule has 0 aromatic heterocycles. The fourth-order valence-electron chi connectivity index (χ4n) is 0.443.